The van der Waals surface area contributed by atoms with Crippen molar-refractivity contribution in [2.24, 2.45) is 0 Å². The Hall–Kier alpha value is -1.54. The summed E-state index contributed by atoms with van der Waals surface area (Å²) >= 11 is 0. The number of ether oxygens (including phenoxy) is 3. The molecule has 4 rings (SSSR count). The summed E-state index contributed by atoms with van der Waals surface area (Å²) in [5.74, 6) is -0.625. The fourth-order valence-electron chi connectivity index (χ4n) is 5.29. The van der Waals surface area contributed by atoms with Crippen LogP contribution in [0.4, 0.5) is 0 Å². The molecule has 5 atom stereocenters. The summed E-state index contributed by atoms with van der Waals surface area (Å²) < 4.78 is 24.9. The Labute approximate surface area is 199 Å². The van der Waals surface area contributed by atoms with Crippen molar-refractivity contribution in [3.63, 3.8) is 0 Å². The third kappa shape index (κ3) is 4.45. The van der Waals surface area contributed by atoms with Gasteiger partial charge in [0.25, 0.3) is 8.32 Å². The summed E-state index contributed by atoms with van der Waals surface area (Å²) in [6.07, 6.45) is -1.67. The van der Waals surface area contributed by atoms with E-state index in [1.165, 1.54) is 10.4 Å². The maximum Gasteiger partial charge on any atom is 0.261 e. The maximum atomic E-state index is 11.5. The van der Waals surface area contributed by atoms with E-state index in [0.29, 0.717) is 6.61 Å². The zero-order valence-electron chi connectivity index (χ0n) is 20.9. The van der Waals surface area contributed by atoms with Crippen molar-refractivity contribution < 1.29 is 23.7 Å². The summed E-state index contributed by atoms with van der Waals surface area (Å²) in [5, 5.41) is 13.7. The van der Waals surface area contributed by atoms with Gasteiger partial charge in [-0.1, -0.05) is 81.4 Å². The van der Waals surface area contributed by atoms with E-state index < -0.39 is 31.9 Å². The second-order valence-corrected chi connectivity index (χ2v) is 15.3. The fraction of sp³-hybridized carbons (Fsp3) is 0.556. The molecule has 0 saturated carbocycles. The Morgan fingerprint density at radius 3 is 1.88 bits per heavy atom. The topological polar surface area (TPSA) is 60.5 Å². The molecule has 1 N–H and O–H groups in total. The van der Waals surface area contributed by atoms with E-state index in [2.05, 4.69) is 69.3 Å². The second kappa shape index (κ2) is 8.59. The Morgan fingerprint density at radius 1 is 0.939 bits per heavy atom. The van der Waals surface area contributed by atoms with Crippen LogP contribution in [0.3, 0.4) is 0 Å². The predicted octanol–water partition coefficient (Wildman–Crippen LogP) is 3.62. The van der Waals surface area contributed by atoms with Gasteiger partial charge in [-0.05, 0) is 43.1 Å². The molecular weight excluding hydrogens is 432 g/mol. The van der Waals surface area contributed by atoms with Gasteiger partial charge in [0.05, 0.1) is 12.7 Å². The minimum absolute atomic E-state index is 0.166. The third-order valence-corrected chi connectivity index (χ3v) is 12.2. The molecule has 2 heterocycles. The first-order chi connectivity index (χ1) is 15.4. The highest BCUT2D eigenvalue weighted by Crippen LogP contribution is 2.47. The third-order valence-electron chi connectivity index (χ3n) is 7.07. The summed E-state index contributed by atoms with van der Waals surface area (Å²) in [4.78, 5) is 0. The molecule has 180 valence electrons. The highest BCUT2D eigenvalue weighted by Gasteiger charge is 2.65. The monoisotopic (exact) mass is 470 g/mol. The van der Waals surface area contributed by atoms with Gasteiger partial charge in [0.15, 0.2) is 5.79 Å². The van der Waals surface area contributed by atoms with Gasteiger partial charge in [0, 0.05) is 0 Å². The van der Waals surface area contributed by atoms with Crippen molar-refractivity contribution >= 4 is 18.7 Å². The number of hydrogen-bond acceptors (Lipinski definition) is 5. The summed E-state index contributed by atoms with van der Waals surface area (Å²) in [5.41, 5.74) is -0.737. The molecule has 0 spiro atoms. The molecule has 2 aromatic carbocycles. The molecule has 0 aromatic heterocycles. The van der Waals surface area contributed by atoms with Crippen molar-refractivity contribution in [2.75, 3.05) is 6.61 Å². The molecule has 0 bridgehead atoms. The second-order valence-electron chi connectivity index (χ2n) is 11.0. The summed E-state index contributed by atoms with van der Waals surface area (Å²) in [6, 6.07) is 21.0. The van der Waals surface area contributed by atoms with Crippen molar-refractivity contribution in [3.05, 3.63) is 60.7 Å². The Balaban J connectivity index is 1.64. The molecule has 2 aliphatic heterocycles. The first-order valence-corrected chi connectivity index (χ1v) is 13.8. The maximum absolute atomic E-state index is 11.5. The molecular formula is C27H38O5Si. The van der Waals surface area contributed by atoms with E-state index in [4.69, 9.17) is 18.6 Å². The van der Waals surface area contributed by atoms with Crippen LogP contribution in [0.25, 0.3) is 0 Å². The predicted molar refractivity (Wildman–Crippen MR) is 132 cm³/mol. The zero-order chi connectivity index (χ0) is 24.1. The van der Waals surface area contributed by atoms with Gasteiger partial charge in [-0.3, -0.25) is 0 Å². The van der Waals surface area contributed by atoms with E-state index in [1.807, 2.05) is 39.8 Å². The van der Waals surface area contributed by atoms with Crippen LogP contribution in [0.2, 0.25) is 5.04 Å². The van der Waals surface area contributed by atoms with Crippen LogP contribution in [0.15, 0.2) is 60.7 Å². The van der Waals surface area contributed by atoms with Crippen LogP contribution >= 0.6 is 0 Å². The SMILES string of the molecule is C[C@H](O[Si](c1ccccc1)(c1ccccc1)C(C)(C)C)[C@@H](O)C1(C)O[C@H]1[C@H]1COC(C)(C)O1. The lowest BCUT2D eigenvalue weighted by atomic mass is 9.94. The van der Waals surface area contributed by atoms with E-state index >= 15 is 0 Å². The molecule has 6 heteroatoms. The highest BCUT2D eigenvalue weighted by molar-refractivity contribution is 6.99. The number of epoxide rings is 1. The van der Waals surface area contributed by atoms with Crippen LogP contribution in [0.5, 0.6) is 0 Å². The Bertz CT molecular complexity index is 902. The van der Waals surface area contributed by atoms with Crippen LogP contribution in [-0.2, 0) is 18.6 Å². The Morgan fingerprint density at radius 2 is 1.45 bits per heavy atom. The smallest absolute Gasteiger partial charge is 0.261 e. The molecule has 0 radical (unpaired) electrons. The average molecular weight is 471 g/mol. The zero-order valence-corrected chi connectivity index (χ0v) is 21.9. The first kappa shape index (κ1) is 24.6. The summed E-state index contributed by atoms with van der Waals surface area (Å²) in [7, 11) is -2.77. The van der Waals surface area contributed by atoms with E-state index in [0.717, 1.165) is 0 Å². The quantitative estimate of drug-likeness (QED) is 0.495. The molecule has 5 nitrogen and oxygen atoms in total. The lowest BCUT2D eigenvalue weighted by Gasteiger charge is -2.45. The van der Waals surface area contributed by atoms with E-state index in [1.54, 1.807) is 0 Å². The van der Waals surface area contributed by atoms with Crippen LogP contribution in [0.1, 0.15) is 48.5 Å². The van der Waals surface area contributed by atoms with Gasteiger partial charge in [-0.2, -0.15) is 0 Å². The molecule has 0 aliphatic carbocycles. The standard InChI is InChI=1S/C27H38O5Si/c1-19(23(28)27(7)24(31-27)22-18-29-26(5,6)30-22)32-33(25(2,3)4,20-14-10-8-11-15-20)21-16-12-9-13-17-21/h8-17,19,22-24,28H,18H2,1-7H3/t19-,22+,23+,24-,27?/m0/s1. The number of hydrogen-bond donors (Lipinski definition) is 1. The fourth-order valence-corrected chi connectivity index (χ4v) is 9.99. The lowest BCUT2D eigenvalue weighted by Crippen LogP contribution is -2.68. The summed E-state index contributed by atoms with van der Waals surface area (Å²) in [6.45, 7) is 14.9. The van der Waals surface area contributed by atoms with Gasteiger partial charge < -0.3 is 23.7 Å². The number of benzene rings is 2. The van der Waals surface area contributed by atoms with E-state index in [-0.39, 0.29) is 17.2 Å². The number of aliphatic hydroxyl groups is 1. The van der Waals surface area contributed by atoms with Crippen molar-refractivity contribution in [2.45, 2.75) is 89.3 Å². The van der Waals surface area contributed by atoms with Crippen molar-refractivity contribution in [1.29, 1.82) is 0 Å². The largest absolute Gasteiger partial charge is 0.402 e. The molecule has 2 aromatic rings. The average Bonchev–Trinajstić information content (AvgIpc) is 3.34. The molecule has 33 heavy (non-hydrogen) atoms. The molecule has 0 amide bonds. The van der Waals surface area contributed by atoms with Gasteiger partial charge in [-0.25, -0.2) is 0 Å². The molecule has 2 saturated heterocycles. The van der Waals surface area contributed by atoms with Gasteiger partial charge >= 0.3 is 0 Å². The lowest BCUT2D eigenvalue weighted by molar-refractivity contribution is -0.140. The van der Waals surface area contributed by atoms with Crippen molar-refractivity contribution in [3.8, 4) is 0 Å². The minimum atomic E-state index is -2.77. The molecule has 2 aliphatic rings. The minimum Gasteiger partial charge on any atom is -0.402 e. The number of rotatable bonds is 7. The molecule has 2 fully saturated rings. The van der Waals surface area contributed by atoms with Gasteiger partial charge in [0.2, 0.25) is 0 Å². The highest BCUT2D eigenvalue weighted by atomic mass is 28.4. The van der Waals surface area contributed by atoms with Crippen LogP contribution in [0, 0.1) is 0 Å². The molecule has 1 unspecified atom stereocenters. The normalized spacial score (nSPS) is 29.0. The van der Waals surface area contributed by atoms with Gasteiger partial charge in [-0.15, -0.1) is 0 Å². The van der Waals surface area contributed by atoms with Gasteiger partial charge in [0.1, 0.15) is 23.9 Å². The first-order valence-electron chi connectivity index (χ1n) is 11.9. The van der Waals surface area contributed by atoms with Crippen molar-refractivity contribution in [1.82, 2.24) is 0 Å². The van der Waals surface area contributed by atoms with E-state index in [9.17, 15) is 5.11 Å². The number of aliphatic hydroxyl groups excluding tert-OH is 1. The Kier molecular flexibility index (Phi) is 6.40. The van der Waals surface area contributed by atoms with Crippen LogP contribution < -0.4 is 10.4 Å². The van der Waals surface area contributed by atoms with Crippen LogP contribution in [-0.4, -0.2) is 55.8 Å².